The average molecular weight is 435 g/mol. The minimum atomic E-state index is -0.454. The minimum Gasteiger partial charge on any atom is -0.465 e. The van der Waals surface area contributed by atoms with Crippen molar-refractivity contribution in [3.8, 4) is 0 Å². The van der Waals surface area contributed by atoms with Gasteiger partial charge in [-0.2, -0.15) is 0 Å². The molecule has 3 aromatic rings. The van der Waals surface area contributed by atoms with Crippen LogP contribution in [0.2, 0.25) is 0 Å². The van der Waals surface area contributed by atoms with Gasteiger partial charge in [0.2, 0.25) is 5.91 Å². The number of carbonyl (C=O) groups excluding carboxylic acids is 2. The van der Waals surface area contributed by atoms with E-state index in [4.69, 9.17) is 4.74 Å². The maximum absolute atomic E-state index is 12.4. The highest BCUT2D eigenvalue weighted by Crippen LogP contribution is 2.39. The molecule has 1 saturated carbocycles. The van der Waals surface area contributed by atoms with Gasteiger partial charge in [0.15, 0.2) is 5.16 Å². The summed E-state index contributed by atoms with van der Waals surface area (Å²) in [5.74, 6) is 0.488. The second-order valence-electron chi connectivity index (χ2n) is 6.25. The van der Waals surface area contributed by atoms with Crippen molar-refractivity contribution in [2.75, 3.05) is 18.2 Å². The molecule has 0 atom stereocenters. The number of carbonyl (C=O) groups is 2. The van der Waals surface area contributed by atoms with Crippen LogP contribution in [-0.4, -0.2) is 39.5 Å². The fourth-order valence-corrected chi connectivity index (χ4v) is 5.06. The van der Waals surface area contributed by atoms with Crippen molar-refractivity contribution in [3.63, 3.8) is 0 Å². The highest BCUT2D eigenvalue weighted by molar-refractivity contribution is 7.99. The average Bonchev–Trinajstić information content (AvgIpc) is 3.09. The highest BCUT2D eigenvalue weighted by Gasteiger charge is 2.30. The first-order valence-electron chi connectivity index (χ1n) is 8.70. The number of rotatable bonds is 8. The van der Waals surface area contributed by atoms with E-state index in [1.54, 1.807) is 22.8 Å². The van der Waals surface area contributed by atoms with Crippen molar-refractivity contribution in [1.29, 1.82) is 0 Å². The molecule has 3 aromatic heterocycles. The molecule has 4 rings (SSSR count). The SMILES string of the molecule is COC(=O)c1sccc1NC(=O)CSc1nnc(Cc2cccs2)n1C1CC1. The zero-order chi connectivity index (χ0) is 19.5. The molecule has 7 nitrogen and oxygen atoms in total. The third-order valence-electron chi connectivity index (χ3n) is 4.20. The van der Waals surface area contributed by atoms with E-state index in [-0.39, 0.29) is 11.7 Å². The third-order valence-corrected chi connectivity index (χ3v) is 6.92. The molecule has 1 aliphatic carbocycles. The van der Waals surface area contributed by atoms with Crippen LogP contribution < -0.4 is 5.32 Å². The van der Waals surface area contributed by atoms with Gasteiger partial charge < -0.3 is 14.6 Å². The zero-order valence-corrected chi connectivity index (χ0v) is 17.5. The fourth-order valence-electron chi connectivity index (χ4n) is 2.77. The molecule has 28 heavy (non-hydrogen) atoms. The Morgan fingerprint density at radius 3 is 2.86 bits per heavy atom. The molecule has 10 heteroatoms. The van der Waals surface area contributed by atoms with Crippen molar-refractivity contribution in [2.24, 2.45) is 0 Å². The van der Waals surface area contributed by atoms with Gasteiger partial charge in [0, 0.05) is 17.3 Å². The molecular weight excluding hydrogens is 416 g/mol. The summed E-state index contributed by atoms with van der Waals surface area (Å²) in [6.07, 6.45) is 2.99. The van der Waals surface area contributed by atoms with Crippen LogP contribution in [0.15, 0.2) is 34.1 Å². The molecule has 1 amide bonds. The Kier molecular flexibility index (Phi) is 5.79. The van der Waals surface area contributed by atoms with Gasteiger partial charge in [0.25, 0.3) is 0 Å². The molecular formula is C18H18N4O3S3. The molecule has 0 aliphatic heterocycles. The summed E-state index contributed by atoms with van der Waals surface area (Å²) in [6, 6.07) is 6.26. The van der Waals surface area contributed by atoms with E-state index < -0.39 is 5.97 Å². The Morgan fingerprint density at radius 2 is 2.14 bits per heavy atom. The largest absolute Gasteiger partial charge is 0.465 e. The summed E-state index contributed by atoms with van der Waals surface area (Å²) in [7, 11) is 1.32. The number of nitrogens with zero attached hydrogens (tertiary/aromatic N) is 3. The van der Waals surface area contributed by atoms with Crippen LogP contribution in [0.1, 0.15) is 39.3 Å². The number of hydrogen-bond acceptors (Lipinski definition) is 8. The van der Waals surface area contributed by atoms with E-state index in [9.17, 15) is 9.59 Å². The molecule has 1 N–H and O–H groups in total. The topological polar surface area (TPSA) is 86.1 Å². The smallest absolute Gasteiger partial charge is 0.350 e. The Morgan fingerprint density at radius 1 is 1.29 bits per heavy atom. The quantitative estimate of drug-likeness (QED) is 0.428. The fraction of sp³-hybridized carbons (Fsp3) is 0.333. The van der Waals surface area contributed by atoms with E-state index in [1.807, 2.05) is 6.07 Å². The van der Waals surface area contributed by atoms with Crippen molar-refractivity contribution >= 4 is 52.0 Å². The lowest BCUT2D eigenvalue weighted by atomic mass is 10.3. The summed E-state index contributed by atoms with van der Waals surface area (Å²) in [4.78, 5) is 25.7. The molecule has 0 saturated heterocycles. The van der Waals surface area contributed by atoms with Crippen LogP contribution in [0.5, 0.6) is 0 Å². The van der Waals surface area contributed by atoms with Gasteiger partial charge in [-0.05, 0) is 35.7 Å². The number of thioether (sulfide) groups is 1. The normalized spacial score (nSPS) is 13.5. The Labute approximate surface area is 174 Å². The molecule has 0 aromatic carbocycles. The van der Waals surface area contributed by atoms with Gasteiger partial charge in [0.1, 0.15) is 10.7 Å². The van der Waals surface area contributed by atoms with Crippen LogP contribution in [0.25, 0.3) is 0 Å². The maximum Gasteiger partial charge on any atom is 0.350 e. The molecule has 0 bridgehead atoms. The molecule has 0 spiro atoms. The number of thiophene rings is 2. The summed E-state index contributed by atoms with van der Waals surface area (Å²) in [6.45, 7) is 0. The molecule has 0 unspecified atom stereocenters. The highest BCUT2D eigenvalue weighted by atomic mass is 32.2. The van der Waals surface area contributed by atoms with Gasteiger partial charge >= 0.3 is 5.97 Å². The summed E-state index contributed by atoms with van der Waals surface area (Å²) in [5.41, 5.74) is 0.476. The summed E-state index contributed by atoms with van der Waals surface area (Å²) in [5, 5.41) is 16.0. The Bertz CT molecular complexity index is 976. The molecule has 1 aliphatic rings. The van der Waals surface area contributed by atoms with Gasteiger partial charge in [0.05, 0.1) is 18.6 Å². The number of amides is 1. The standard InChI is InChI=1S/C18H18N4O3S3/c1-25-17(24)16-13(6-8-27-16)19-15(23)10-28-18-21-20-14(22(18)11-4-5-11)9-12-3-2-7-26-12/h2-3,6-8,11H,4-5,9-10H2,1H3,(H,19,23). The van der Waals surface area contributed by atoms with Gasteiger partial charge in [-0.25, -0.2) is 4.79 Å². The van der Waals surface area contributed by atoms with E-state index in [1.165, 1.54) is 35.1 Å². The lowest BCUT2D eigenvalue weighted by Crippen LogP contribution is -2.16. The van der Waals surface area contributed by atoms with Crippen molar-refractivity contribution < 1.29 is 14.3 Å². The molecule has 0 radical (unpaired) electrons. The second-order valence-corrected chi connectivity index (χ2v) is 9.14. The lowest BCUT2D eigenvalue weighted by molar-refractivity contribution is -0.113. The van der Waals surface area contributed by atoms with E-state index in [2.05, 4.69) is 31.5 Å². The first-order chi connectivity index (χ1) is 13.7. The number of hydrogen-bond donors (Lipinski definition) is 1. The monoisotopic (exact) mass is 434 g/mol. The predicted molar refractivity (Wildman–Crippen MR) is 110 cm³/mol. The molecule has 146 valence electrons. The van der Waals surface area contributed by atoms with Crippen molar-refractivity contribution in [3.05, 3.63) is 44.5 Å². The number of methoxy groups -OCH3 is 1. The van der Waals surface area contributed by atoms with Crippen LogP contribution in [0.4, 0.5) is 5.69 Å². The number of aromatic nitrogens is 3. The van der Waals surface area contributed by atoms with Crippen LogP contribution in [0, 0.1) is 0 Å². The van der Waals surface area contributed by atoms with E-state index >= 15 is 0 Å². The third kappa shape index (κ3) is 4.29. The van der Waals surface area contributed by atoms with E-state index in [0.717, 1.165) is 30.2 Å². The summed E-state index contributed by atoms with van der Waals surface area (Å²) < 4.78 is 6.90. The molecule has 1 fully saturated rings. The van der Waals surface area contributed by atoms with Crippen LogP contribution >= 0.6 is 34.4 Å². The Hall–Kier alpha value is -2.17. The zero-order valence-electron chi connectivity index (χ0n) is 15.1. The number of esters is 1. The van der Waals surface area contributed by atoms with E-state index in [0.29, 0.717) is 16.6 Å². The van der Waals surface area contributed by atoms with Crippen molar-refractivity contribution in [1.82, 2.24) is 14.8 Å². The Balaban J connectivity index is 1.41. The number of anilines is 1. The van der Waals surface area contributed by atoms with Crippen LogP contribution in [0.3, 0.4) is 0 Å². The van der Waals surface area contributed by atoms with Gasteiger partial charge in [-0.15, -0.1) is 32.9 Å². The van der Waals surface area contributed by atoms with Crippen molar-refractivity contribution in [2.45, 2.75) is 30.5 Å². The number of ether oxygens (including phenoxy) is 1. The minimum absolute atomic E-state index is 0.195. The summed E-state index contributed by atoms with van der Waals surface area (Å²) >= 11 is 4.31. The first kappa shape index (κ1) is 19.2. The predicted octanol–water partition coefficient (Wildman–Crippen LogP) is 3.84. The molecule has 3 heterocycles. The lowest BCUT2D eigenvalue weighted by Gasteiger charge is -2.08. The van der Waals surface area contributed by atoms with Crippen LogP contribution in [-0.2, 0) is 16.0 Å². The van der Waals surface area contributed by atoms with Gasteiger partial charge in [-0.1, -0.05) is 17.8 Å². The van der Waals surface area contributed by atoms with Gasteiger partial charge in [-0.3, -0.25) is 4.79 Å². The first-order valence-corrected chi connectivity index (χ1v) is 11.4. The number of nitrogens with one attached hydrogen (secondary N) is 1. The second kappa shape index (κ2) is 8.46. The maximum atomic E-state index is 12.4.